The number of esters is 1. The predicted octanol–water partition coefficient (Wildman–Crippen LogP) is 3.20. The second-order valence-electron chi connectivity index (χ2n) is 5.99. The Labute approximate surface area is 136 Å². The molecular weight excluding hydrogens is 288 g/mol. The van der Waals surface area contributed by atoms with Crippen LogP contribution in [-0.2, 0) is 29.0 Å². The summed E-state index contributed by atoms with van der Waals surface area (Å²) in [6, 6.07) is 12.5. The monoisotopic (exact) mass is 310 g/mol. The van der Waals surface area contributed by atoms with Crippen molar-refractivity contribution in [1.29, 1.82) is 0 Å². The van der Waals surface area contributed by atoms with Gasteiger partial charge in [-0.15, -0.1) is 0 Å². The zero-order valence-electron chi connectivity index (χ0n) is 13.6. The molecule has 0 saturated carbocycles. The lowest BCUT2D eigenvalue weighted by atomic mass is 10.1. The maximum atomic E-state index is 11.6. The van der Waals surface area contributed by atoms with Crippen LogP contribution in [0.5, 0.6) is 0 Å². The largest absolute Gasteiger partial charge is 0.466 e. The van der Waals surface area contributed by atoms with Gasteiger partial charge in [-0.2, -0.15) is 0 Å². The van der Waals surface area contributed by atoms with Crippen LogP contribution in [0.2, 0.25) is 0 Å². The van der Waals surface area contributed by atoms with E-state index in [1.165, 1.54) is 16.7 Å². The highest BCUT2D eigenvalue weighted by molar-refractivity contribution is 5.76. The SMILES string of the molecule is CCOC(=O)Cc1ccc(N2Cc3ccc(C)cc3C2)cc1N. The van der Waals surface area contributed by atoms with Crippen molar-refractivity contribution >= 4 is 17.3 Å². The van der Waals surface area contributed by atoms with Crippen LogP contribution in [0.3, 0.4) is 0 Å². The number of aryl methyl sites for hydroxylation is 1. The molecule has 0 saturated heterocycles. The zero-order valence-corrected chi connectivity index (χ0v) is 13.6. The number of carbonyl (C=O) groups excluding carboxylic acids is 1. The molecule has 0 aromatic heterocycles. The Kier molecular flexibility index (Phi) is 4.24. The molecular formula is C19H22N2O2. The van der Waals surface area contributed by atoms with E-state index < -0.39 is 0 Å². The van der Waals surface area contributed by atoms with Gasteiger partial charge >= 0.3 is 5.97 Å². The molecule has 2 N–H and O–H groups in total. The molecule has 0 amide bonds. The normalized spacial score (nSPS) is 13.0. The summed E-state index contributed by atoms with van der Waals surface area (Å²) in [7, 11) is 0. The minimum atomic E-state index is -0.240. The van der Waals surface area contributed by atoms with Crippen LogP contribution in [0, 0.1) is 6.92 Å². The predicted molar refractivity (Wildman–Crippen MR) is 92.3 cm³/mol. The number of nitrogens with two attached hydrogens (primary N) is 1. The van der Waals surface area contributed by atoms with Gasteiger partial charge in [0.05, 0.1) is 13.0 Å². The molecule has 3 rings (SSSR count). The Morgan fingerprint density at radius 1 is 1.17 bits per heavy atom. The van der Waals surface area contributed by atoms with E-state index in [0.29, 0.717) is 12.3 Å². The number of nitrogen functional groups attached to an aromatic ring is 1. The lowest BCUT2D eigenvalue weighted by molar-refractivity contribution is -0.142. The number of ether oxygens (including phenoxy) is 1. The average Bonchev–Trinajstić information content (AvgIpc) is 2.92. The lowest BCUT2D eigenvalue weighted by Gasteiger charge is -2.19. The summed E-state index contributed by atoms with van der Waals surface area (Å²) in [5, 5.41) is 0. The Bertz CT molecular complexity index is 740. The topological polar surface area (TPSA) is 55.6 Å². The van der Waals surface area contributed by atoms with E-state index in [-0.39, 0.29) is 12.4 Å². The molecule has 1 aliphatic rings. The first-order chi connectivity index (χ1) is 11.1. The third-order valence-electron chi connectivity index (χ3n) is 4.22. The first kappa shape index (κ1) is 15.4. The molecule has 0 spiro atoms. The van der Waals surface area contributed by atoms with Crippen LogP contribution in [0.4, 0.5) is 11.4 Å². The standard InChI is InChI=1S/C19H22N2O2/c1-3-23-19(22)9-14-6-7-17(10-18(14)20)21-11-15-5-4-13(2)8-16(15)12-21/h4-8,10H,3,9,11-12,20H2,1-2H3. The summed E-state index contributed by atoms with van der Waals surface area (Å²) in [4.78, 5) is 13.9. The van der Waals surface area contributed by atoms with E-state index in [1.54, 1.807) is 6.92 Å². The number of hydrogen-bond donors (Lipinski definition) is 1. The first-order valence-electron chi connectivity index (χ1n) is 7.94. The molecule has 0 unspecified atom stereocenters. The van der Waals surface area contributed by atoms with E-state index in [0.717, 1.165) is 24.3 Å². The quantitative estimate of drug-likeness (QED) is 0.696. The molecule has 4 heteroatoms. The number of fused-ring (bicyclic) bond motifs is 1. The summed E-state index contributed by atoms with van der Waals surface area (Å²) in [6.45, 7) is 6.10. The van der Waals surface area contributed by atoms with E-state index in [9.17, 15) is 4.79 Å². The minimum Gasteiger partial charge on any atom is -0.466 e. The van der Waals surface area contributed by atoms with E-state index >= 15 is 0 Å². The van der Waals surface area contributed by atoms with E-state index in [1.807, 2.05) is 18.2 Å². The van der Waals surface area contributed by atoms with Crippen molar-refractivity contribution in [2.45, 2.75) is 33.4 Å². The second-order valence-corrected chi connectivity index (χ2v) is 5.99. The first-order valence-corrected chi connectivity index (χ1v) is 7.94. The minimum absolute atomic E-state index is 0.222. The molecule has 0 fully saturated rings. The summed E-state index contributed by atoms with van der Waals surface area (Å²) in [5.41, 5.74) is 12.7. The van der Waals surface area contributed by atoms with Gasteiger partial charge in [0.2, 0.25) is 0 Å². The van der Waals surface area contributed by atoms with Gasteiger partial charge in [-0.1, -0.05) is 29.8 Å². The number of carbonyl (C=O) groups is 1. The third-order valence-corrected chi connectivity index (χ3v) is 4.22. The van der Waals surface area contributed by atoms with Crippen molar-refractivity contribution in [3.63, 3.8) is 0 Å². The second kappa shape index (κ2) is 6.32. The number of rotatable bonds is 4. The maximum absolute atomic E-state index is 11.6. The Balaban J connectivity index is 1.75. The lowest BCUT2D eigenvalue weighted by Crippen LogP contribution is -2.15. The van der Waals surface area contributed by atoms with Gasteiger partial charge in [-0.3, -0.25) is 4.79 Å². The number of benzene rings is 2. The smallest absolute Gasteiger partial charge is 0.310 e. The van der Waals surface area contributed by atoms with Crippen LogP contribution >= 0.6 is 0 Å². The Hall–Kier alpha value is -2.49. The molecule has 0 bridgehead atoms. The van der Waals surface area contributed by atoms with E-state index in [2.05, 4.69) is 30.0 Å². The highest BCUT2D eigenvalue weighted by Gasteiger charge is 2.20. The van der Waals surface area contributed by atoms with Gasteiger partial charge < -0.3 is 15.4 Å². The summed E-state index contributed by atoms with van der Waals surface area (Å²) in [5.74, 6) is -0.240. The summed E-state index contributed by atoms with van der Waals surface area (Å²) in [6.07, 6.45) is 0.222. The fourth-order valence-corrected chi connectivity index (χ4v) is 3.01. The Morgan fingerprint density at radius 2 is 1.96 bits per heavy atom. The summed E-state index contributed by atoms with van der Waals surface area (Å²) >= 11 is 0. The highest BCUT2D eigenvalue weighted by atomic mass is 16.5. The molecule has 0 aliphatic carbocycles. The molecule has 0 radical (unpaired) electrons. The van der Waals surface area contributed by atoms with Crippen molar-refractivity contribution in [2.75, 3.05) is 17.2 Å². The van der Waals surface area contributed by atoms with Gasteiger partial charge in [0.25, 0.3) is 0 Å². The summed E-state index contributed by atoms with van der Waals surface area (Å²) < 4.78 is 4.98. The number of anilines is 2. The zero-order chi connectivity index (χ0) is 16.4. The molecule has 0 atom stereocenters. The van der Waals surface area contributed by atoms with Crippen molar-refractivity contribution in [1.82, 2.24) is 0 Å². The van der Waals surface area contributed by atoms with Crippen LogP contribution in [0.15, 0.2) is 36.4 Å². The van der Waals surface area contributed by atoms with Gasteiger partial charge in [0.15, 0.2) is 0 Å². The average molecular weight is 310 g/mol. The van der Waals surface area contributed by atoms with Crippen LogP contribution in [-0.4, -0.2) is 12.6 Å². The van der Waals surface area contributed by atoms with Crippen molar-refractivity contribution in [2.24, 2.45) is 0 Å². The fourth-order valence-electron chi connectivity index (χ4n) is 3.01. The third kappa shape index (κ3) is 3.31. The molecule has 2 aromatic carbocycles. The fraction of sp³-hybridized carbons (Fsp3) is 0.316. The maximum Gasteiger partial charge on any atom is 0.310 e. The van der Waals surface area contributed by atoms with Crippen molar-refractivity contribution in [3.8, 4) is 0 Å². The molecule has 2 aromatic rings. The molecule has 23 heavy (non-hydrogen) atoms. The van der Waals surface area contributed by atoms with Gasteiger partial charge in [-0.05, 0) is 42.7 Å². The van der Waals surface area contributed by atoms with Crippen molar-refractivity contribution < 1.29 is 9.53 Å². The van der Waals surface area contributed by atoms with Crippen LogP contribution < -0.4 is 10.6 Å². The number of nitrogens with zero attached hydrogens (tertiary/aromatic N) is 1. The van der Waals surface area contributed by atoms with Gasteiger partial charge in [-0.25, -0.2) is 0 Å². The van der Waals surface area contributed by atoms with Crippen molar-refractivity contribution in [3.05, 3.63) is 58.7 Å². The molecule has 120 valence electrons. The number of hydrogen-bond acceptors (Lipinski definition) is 4. The van der Waals surface area contributed by atoms with E-state index in [4.69, 9.17) is 10.5 Å². The Morgan fingerprint density at radius 3 is 2.70 bits per heavy atom. The van der Waals surface area contributed by atoms with Gasteiger partial charge in [0.1, 0.15) is 0 Å². The van der Waals surface area contributed by atoms with Crippen LogP contribution in [0.1, 0.15) is 29.2 Å². The molecule has 4 nitrogen and oxygen atoms in total. The molecule has 1 heterocycles. The molecule has 1 aliphatic heterocycles. The van der Waals surface area contributed by atoms with Gasteiger partial charge in [0, 0.05) is 24.5 Å². The van der Waals surface area contributed by atoms with Crippen LogP contribution in [0.25, 0.3) is 0 Å². The highest BCUT2D eigenvalue weighted by Crippen LogP contribution is 2.31.